The largest absolute Gasteiger partial charge is 0.349 e. The molecule has 0 bridgehead atoms. The van der Waals surface area contributed by atoms with Crippen LogP contribution in [0, 0.1) is 18.8 Å². The minimum Gasteiger partial charge on any atom is -0.349 e. The van der Waals surface area contributed by atoms with Gasteiger partial charge in [0, 0.05) is 37.6 Å². The lowest BCUT2D eigenvalue weighted by Gasteiger charge is -2.36. The molecular formula is C13H20N4. The Kier molecular flexibility index (Phi) is 2.36. The van der Waals surface area contributed by atoms with E-state index in [1.54, 1.807) is 12.4 Å². The highest BCUT2D eigenvalue weighted by atomic mass is 15.3. The van der Waals surface area contributed by atoms with Crippen LogP contribution >= 0.6 is 0 Å². The molecule has 3 heterocycles. The van der Waals surface area contributed by atoms with Gasteiger partial charge in [0.2, 0.25) is 0 Å². The van der Waals surface area contributed by atoms with Crippen LogP contribution in [-0.2, 0) is 0 Å². The second-order valence-electron chi connectivity index (χ2n) is 5.75. The molecule has 3 rings (SSSR count). The smallest absolute Gasteiger partial charge is 0.150 e. The van der Waals surface area contributed by atoms with E-state index < -0.39 is 0 Å². The Hall–Kier alpha value is -1.16. The Labute approximate surface area is 102 Å². The maximum absolute atomic E-state index is 4.53. The molecule has 2 saturated heterocycles. The van der Waals surface area contributed by atoms with E-state index in [4.69, 9.17) is 0 Å². The van der Waals surface area contributed by atoms with Crippen LogP contribution in [0.2, 0.25) is 0 Å². The standard InChI is InChI=1S/C13H20N4/c1-9-12(16-5-4-15-9)17-8-10-6-14-7-11(10)13(17,2)3/h4-5,10-11,14H,6-8H2,1-3H3. The summed E-state index contributed by atoms with van der Waals surface area (Å²) in [4.78, 5) is 11.3. The van der Waals surface area contributed by atoms with Gasteiger partial charge in [-0.05, 0) is 32.6 Å². The molecule has 0 spiro atoms. The van der Waals surface area contributed by atoms with Gasteiger partial charge in [0.05, 0.1) is 5.69 Å². The van der Waals surface area contributed by atoms with E-state index in [0.717, 1.165) is 43.0 Å². The van der Waals surface area contributed by atoms with Gasteiger partial charge in [-0.3, -0.25) is 4.98 Å². The Balaban J connectivity index is 1.97. The van der Waals surface area contributed by atoms with Crippen molar-refractivity contribution in [2.24, 2.45) is 11.8 Å². The lowest BCUT2D eigenvalue weighted by molar-refractivity contribution is 0.355. The first-order valence-corrected chi connectivity index (χ1v) is 6.36. The number of aryl methyl sites for hydroxylation is 1. The predicted molar refractivity (Wildman–Crippen MR) is 68.0 cm³/mol. The second-order valence-corrected chi connectivity index (χ2v) is 5.75. The molecule has 92 valence electrons. The van der Waals surface area contributed by atoms with Gasteiger partial charge in [0.25, 0.3) is 0 Å². The molecule has 4 nitrogen and oxygen atoms in total. The van der Waals surface area contributed by atoms with Crippen LogP contribution in [0.1, 0.15) is 19.5 Å². The first-order valence-electron chi connectivity index (χ1n) is 6.36. The summed E-state index contributed by atoms with van der Waals surface area (Å²) in [5.41, 5.74) is 1.21. The molecule has 4 heteroatoms. The molecule has 0 saturated carbocycles. The summed E-state index contributed by atoms with van der Waals surface area (Å²) in [6, 6.07) is 0. The minimum absolute atomic E-state index is 0.176. The third-order valence-corrected chi connectivity index (χ3v) is 4.47. The van der Waals surface area contributed by atoms with Gasteiger partial charge in [-0.1, -0.05) is 0 Å². The van der Waals surface area contributed by atoms with Gasteiger partial charge in [-0.25, -0.2) is 4.98 Å². The number of nitrogens with one attached hydrogen (secondary N) is 1. The molecule has 2 fully saturated rings. The zero-order valence-corrected chi connectivity index (χ0v) is 10.8. The average molecular weight is 232 g/mol. The van der Waals surface area contributed by atoms with Crippen LogP contribution in [0.15, 0.2) is 12.4 Å². The van der Waals surface area contributed by atoms with E-state index in [9.17, 15) is 0 Å². The summed E-state index contributed by atoms with van der Waals surface area (Å²) in [7, 11) is 0. The first-order chi connectivity index (χ1) is 8.10. The molecule has 2 unspecified atom stereocenters. The van der Waals surface area contributed by atoms with Crippen molar-refractivity contribution in [3.05, 3.63) is 18.1 Å². The highest BCUT2D eigenvalue weighted by molar-refractivity contribution is 5.48. The number of hydrogen-bond acceptors (Lipinski definition) is 4. The van der Waals surface area contributed by atoms with Crippen LogP contribution in [-0.4, -0.2) is 35.1 Å². The molecule has 0 amide bonds. The number of fused-ring (bicyclic) bond motifs is 1. The fourth-order valence-corrected chi connectivity index (χ4v) is 3.45. The van der Waals surface area contributed by atoms with Crippen LogP contribution in [0.3, 0.4) is 0 Å². The molecule has 0 radical (unpaired) electrons. The lowest BCUT2D eigenvalue weighted by atomic mass is 9.85. The van der Waals surface area contributed by atoms with E-state index in [-0.39, 0.29) is 5.54 Å². The van der Waals surface area contributed by atoms with Crippen LogP contribution in [0.5, 0.6) is 0 Å². The quantitative estimate of drug-likeness (QED) is 0.790. The lowest BCUT2D eigenvalue weighted by Crippen LogP contribution is -2.45. The fourth-order valence-electron chi connectivity index (χ4n) is 3.45. The van der Waals surface area contributed by atoms with Gasteiger partial charge in [0.15, 0.2) is 0 Å². The van der Waals surface area contributed by atoms with Crippen LogP contribution in [0.25, 0.3) is 0 Å². The van der Waals surface area contributed by atoms with E-state index in [1.165, 1.54) is 0 Å². The Morgan fingerprint density at radius 3 is 2.76 bits per heavy atom. The second kappa shape index (κ2) is 3.67. The SMILES string of the molecule is Cc1nccnc1N1CC2CNCC2C1(C)C. The summed E-state index contributed by atoms with van der Waals surface area (Å²) in [6.45, 7) is 10.1. The van der Waals surface area contributed by atoms with Crippen molar-refractivity contribution in [2.75, 3.05) is 24.5 Å². The number of hydrogen-bond donors (Lipinski definition) is 1. The van der Waals surface area contributed by atoms with E-state index in [1.807, 2.05) is 6.92 Å². The third kappa shape index (κ3) is 1.54. The molecule has 2 atom stereocenters. The van der Waals surface area contributed by atoms with Crippen molar-refractivity contribution in [1.29, 1.82) is 0 Å². The molecule has 2 aliphatic heterocycles. The van der Waals surface area contributed by atoms with Crippen molar-refractivity contribution in [1.82, 2.24) is 15.3 Å². The van der Waals surface area contributed by atoms with Crippen molar-refractivity contribution in [3.8, 4) is 0 Å². The maximum Gasteiger partial charge on any atom is 0.150 e. The summed E-state index contributed by atoms with van der Waals surface area (Å²) >= 11 is 0. The topological polar surface area (TPSA) is 41.1 Å². The Bertz CT molecular complexity index is 429. The fraction of sp³-hybridized carbons (Fsp3) is 0.692. The third-order valence-electron chi connectivity index (χ3n) is 4.47. The predicted octanol–water partition coefficient (Wildman–Crippen LogP) is 1.22. The molecule has 1 aromatic heterocycles. The number of rotatable bonds is 1. The van der Waals surface area contributed by atoms with Crippen molar-refractivity contribution in [3.63, 3.8) is 0 Å². The van der Waals surface area contributed by atoms with E-state index in [2.05, 4.69) is 34.0 Å². The zero-order chi connectivity index (χ0) is 12.0. The highest BCUT2D eigenvalue weighted by Crippen LogP contribution is 2.42. The van der Waals surface area contributed by atoms with Gasteiger partial charge in [0.1, 0.15) is 5.82 Å². The van der Waals surface area contributed by atoms with Gasteiger partial charge in [-0.2, -0.15) is 0 Å². The number of nitrogens with zero attached hydrogens (tertiary/aromatic N) is 3. The normalized spacial score (nSPS) is 30.6. The first kappa shape index (κ1) is 11.0. The Morgan fingerprint density at radius 2 is 2.06 bits per heavy atom. The van der Waals surface area contributed by atoms with Gasteiger partial charge >= 0.3 is 0 Å². The van der Waals surface area contributed by atoms with Gasteiger partial charge < -0.3 is 10.2 Å². The monoisotopic (exact) mass is 232 g/mol. The van der Waals surface area contributed by atoms with Crippen molar-refractivity contribution >= 4 is 5.82 Å². The zero-order valence-electron chi connectivity index (χ0n) is 10.8. The number of anilines is 1. The molecule has 0 aliphatic carbocycles. The Morgan fingerprint density at radius 1 is 1.29 bits per heavy atom. The van der Waals surface area contributed by atoms with E-state index in [0.29, 0.717) is 0 Å². The average Bonchev–Trinajstić information content (AvgIpc) is 2.83. The molecule has 1 aromatic rings. The van der Waals surface area contributed by atoms with Crippen molar-refractivity contribution in [2.45, 2.75) is 26.3 Å². The molecule has 1 N–H and O–H groups in total. The minimum atomic E-state index is 0.176. The van der Waals surface area contributed by atoms with Gasteiger partial charge in [-0.15, -0.1) is 0 Å². The summed E-state index contributed by atoms with van der Waals surface area (Å²) in [5.74, 6) is 2.54. The number of aromatic nitrogens is 2. The van der Waals surface area contributed by atoms with Crippen LogP contribution in [0.4, 0.5) is 5.82 Å². The van der Waals surface area contributed by atoms with Crippen LogP contribution < -0.4 is 10.2 Å². The molecular weight excluding hydrogens is 212 g/mol. The molecule has 17 heavy (non-hydrogen) atoms. The maximum atomic E-state index is 4.53. The summed E-state index contributed by atoms with van der Waals surface area (Å²) < 4.78 is 0. The summed E-state index contributed by atoms with van der Waals surface area (Å²) in [5, 5.41) is 3.50. The molecule has 2 aliphatic rings. The van der Waals surface area contributed by atoms with E-state index >= 15 is 0 Å². The van der Waals surface area contributed by atoms with Crippen molar-refractivity contribution < 1.29 is 0 Å². The molecule has 0 aromatic carbocycles. The highest BCUT2D eigenvalue weighted by Gasteiger charge is 2.50. The summed E-state index contributed by atoms with van der Waals surface area (Å²) in [6.07, 6.45) is 3.56.